The molecule has 1 aliphatic rings. The lowest BCUT2D eigenvalue weighted by Crippen LogP contribution is -2.22. The lowest BCUT2D eigenvalue weighted by Gasteiger charge is -2.29. The van der Waals surface area contributed by atoms with Gasteiger partial charge in [0.1, 0.15) is 0 Å². The van der Waals surface area contributed by atoms with Crippen molar-refractivity contribution in [3.63, 3.8) is 0 Å². The van der Waals surface area contributed by atoms with Crippen molar-refractivity contribution in [1.82, 2.24) is 0 Å². The Morgan fingerprint density at radius 3 is 2.53 bits per heavy atom. The summed E-state index contributed by atoms with van der Waals surface area (Å²) in [5.41, 5.74) is 1.72. The van der Waals surface area contributed by atoms with Gasteiger partial charge in [0.15, 0.2) is 0 Å². The molecule has 0 amide bonds. The second-order valence-corrected chi connectivity index (χ2v) is 6.64. The summed E-state index contributed by atoms with van der Waals surface area (Å²) in [5, 5.41) is 0. The predicted molar refractivity (Wildman–Crippen MR) is 73.0 cm³/mol. The van der Waals surface area contributed by atoms with Gasteiger partial charge < -0.3 is 4.74 Å². The molecule has 0 aliphatic carbocycles. The normalized spacial score (nSPS) is 19.3. The molecule has 0 spiro atoms. The molecule has 1 aromatic rings. The summed E-state index contributed by atoms with van der Waals surface area (Å²) in [6.45, 7) is 5.40. The van der Waals surface area contributed by atoms with Gasteiger partial charge in [-0.15, -0.1) is 0 Å². The molecular weight excluding hydrogens is 264 g/mol. The highest BCUT2D eigenvalue weighted by atomic mass is 32.2. The summed E-state index contributed by atoms with van der Waals surface area (Å²) in [6, 6.07) is 5.07. The SMILES string of the molecule is Cc1ccc(S(=O)(=O)O)c(C(C)C2CCOCC2)c1. The number of hydrogen-bond donors (Lipinski definition) is 1. The number of rotatable bonds is 3. The summed E-state index contributed by atoms with van der Waals surface area (Å²) < 4.78 is 37.7. The Balaban J connectivity index is 2.39. The van der Waals surface area contributed by atoms with Crippen molar-refractivity contribution in [2.75, 3.05) is 13.2 Å². The molecule has 1 unspecified atom stereocenters. The zero-order chi connectivity index (χ0) is 14.0. The Morgan fingerprint density at radius 1 is 1.32 bits per heavy atom. The van der Waals surface area contributed by atoms with Gasteiger partial charge in [-0.25, -0.2) is 0 Å². The summed E-state index contributed by atoms with van der Waals surface area (Å²) in [6.07, 6.45) is 1.86. The third-order valence-corrected chi connectivity index (χ3v) is 4.83. The molecule has 1 N–H and O–H groups in total. The van der Waals surface area contributed by atoms with E-state index in [1.165, 1.54) is 6.07 Å². The van der Waals surface area contributed by atoms with Crippen LogP contribution in [0.15, 0.2) is 23.1 Å². The van der Waals surface area contributed by atoms with Crippen molar-refractivity contribution in [2.45, 2.75) is 37.5 Å². The lowest BCUT2D eigenvalue weighted by molar-refractivity contribution is 0.0593. The van der Waals surface area contributed by atoms with E-state index in [0.29, 0.717) is 5.92 Å². The van der Waals surface area contributed by atoms with Crippen molar-refractivity contribution in [3.8, 4) is 0 Å². The highest BCUT2D eigenvalue weighted by molar-refractivity contribution is 7.85. The molecule has 106 valence electrons. The number of aryl methyl sites for hydroxylation is 1. The molecule has 0 aromatic heterocycles. The van der Waals surface area contributed by atoms with E-state index < -0.39 is 10.1 Å². The van der Waals surface area contributed by atoms with E-state index >= 15 is 0 Å². The first-order valence-corrected chi connectivity index (χ1v) is 7.99. The molecule has 4 nitrogen and oxygen atoms in total. The highest BCUT2D eigenvalue weighted by Gasteiger charge is 2.26. The first-order chi connectivity index (χ1) is 8.89. The van der Waals surface area contributed by atoms with E-state index in [1.54, 1.807) is 6.07 Å². The average Bonchev–Trinajstić information content (AvgIpc) is 2.37. The van der Waals surface area contributed by atoms with E-state index in [1.807, 2.05) is 19.9 Å². The van der Waals surface area contributed by atoms with Crippen LogP contribution in [0.5, 0.6) is 0 Å². The zero-order valence-corrected chi connectivity index (χ0v) is 12.1. The number of hydrogen-bond acceptors (Lipinski definition) is 3. The van der Waals surface area contributed by atoms with E-state index in [2.05, 4.69) is 0 Å². The van der Waals surface area contributed by atoms with Crippen LogP contribution in [0.4, 0.5) is 0 Å². The van der Waals surface area contributed by atoms with Crippen LogP contribution in [-0.2, 0) is 14.9 Å². The van der Waals surface area contributed by atoms with Gasteiger partial charge in [-0.2, -0.15) is 8.42 Å². The Morgan fingerprint density at radius 2 is 1.95 bits per heavy atom. The van der Waals surface area contributed by atoms with Gasteiger partial charge >= 0.3 is 0 Å². The monoisotopic (exact) mass is 284 g/mol. The minimum absolute atomic E-state index is 0.0390. The third kappa shape index (κ3) is 3.35. The molecule has 5 heteroatoms. The van der Waals surface area contributed by atoms with Crippen molar-refractivity contribution in [3.05, 3.63) is 29.3 Å². The highest BCUT2D eigenvalue weighted by Crippen LogP contribution is 2.35. The third-order valence-electron chi connectivity index (χ3n) is 3.91. The standard InChI is InChI=1S/C14H20O4S/c1-10-3-4-14(19(15,16)17)13(9-10)11(2)12-5-7-18-8-6-12/h3-4,9,11-12H,5-8H2,1-2H3,(H,15,16,17). The van der Waals surface area contributed by atoms with Gasteiger partial charge in [0.2, 0.25) is 0 Å². The molecule has 0 saturated carbocycles. The molecule has 1 aliphatic heterocycles. The van der Waals surface area contributed by atoms with Crippen molar-refractivity contribution in [1.29, 1.82) is 0 Å². The first-order valence-electron chi connectivity index (χ1n) is 6.55. The van der Waals surface area contributed by atoms with Crippen LogP contribution < -0.4 is 0 Å². The van der Waals surface area contributed by atoms with Gasteiger partial charge in [-0.3, -0.25) is 4.55 Å². The Hall–Kier alpha value is -0.910. The Kier molecular flexibility index (Phi) is 4.28. The Labute approximate surface area is 114 Å². The lowest BCUT2D eigenvalue weighted by atomic mass is 9.82. The van der Waals surface area contributed by atoms with Gasteiger partial charge in [0.05, 0.1) is 4.90 Å². The minimum atomic E-state index is -4.17. The van der Waals surface area contributed by atoms with Crippen LogP contribution >= 0.6 is 0 Å². The summed E-state index contributed by atoms with van der Waals surface area (Å²) in [4.78, 5) is 0.0390. The molecule has 1 fully saturated rings. The van der Waals surface area contributed by atoms with Crippen LogP contribution in [0.1, 0.15) is 36.8 Å². The smallest absolute Gasteiger partial charge is 0.294 e. The van der Waals surface area contributed by atoms with Crippen LogP contribution in [0.2, 0.25) is 0 Å². The van der Waals surface area contributed by atoms with Crippen LogP contribution in [0, 0.1) is 12.8 Å². The molecule has 1 aromatic carbocycles. The Bertz CT molecular complexity index is 545. The van der Waals surface area contributed by atoms with Gasteiger partial charge in [0.25, 0.3) is 10.1 Å². The quantitative estimate of drug-likeness (QED) is 0.867. The van der Waals surface area contributed by atoms with Crippen molar-refractivity contribution >= 4 is 10.1 Å². The van der Waals surface area contributed by atoms with E-state index in [0.717, 1.165) is 37.2 Å². The van der Waals surface area contributed by atoms with E-state index in [9.17, 15) is 13.0 Å². The van der Waals surface area contributed by atoms with E-state index in [-0.39, 0.29) is 10.8 Å². The number of ether oxygens (including phenoxy) is 1. The molecule has 0 bridgehead atoms. The van der Waals surface area contributed by atoms with Crippen molar-refractivity contribution in [2.24, 2.45) is 5.92 Å². The van der Waals surface area contributed by atoms with Crippen LogP contribution in [0.3, 0.4) is 0 Å². The molecular formula is C14H20O4S. The summed E-state index contributed by atoms with van der Waals surface area (Å²) in [7, 11) is -4.17. The van der Waals surface area contributed by atoms with Crippen LogP contribution in [0.25, 0.3) is 0 Å². The summed E-state index contributed by atoms with van der Waals surface area (Å²) >= 11 is 0. The predicted octanol–water partition coefficient (Wildman–Crippen LogP) is 2.77. The molecule has 2 rings (SSSR count). The molecule has 0 radical (unpaired) electrons. The minimum Gasteiger partial charge on any atom is -0.381 e. The molecule has 1 atom stereocenters. The second-order valence-electron chi connectivity index (χ2n) is 5.25. The molecule has 1 heterocycles. The summed E-state index contributed by atoms with van der Waals surface area (Å²) in [5.74, 6) is 0.497. The maximum absolute atomic E-state index is 11.5. The maximum Gasteiger partial charge on any atom is 0.294 e. The fourth-order valence-electron chi connectivity index (χ4n) is 2.73. The van der Waals surface area contributed by atoms with Gasteiger partial charge in [-0.05, 0) is 43.2 Å². The van der Waals surface area contributed by atoms with Gasteiger partial charge in [-0.1, -0.05) is 24.6 Å². The topological polar surface area (TPSA) is 63.6 Å². The first kappa shape index (κ1) is 14.5. The maximum atomic E-state index is 11.5. The van der Waals surface area contributed by atoms with Crippen LogP contribution in [-0.4, -0.2) is 26.2 Å². The molecule has 1 saturated heterocycles. The van der Waals surface area contributed by atoms with E-state index in [4.69, 9.17) is 4.74 Å². The number of benzene rings is 1. The largest absolute Gasteiger partial charge is 0.381 e. The molecule has 19 heavy (non-hydrogen) atoms. The average molecular weight is 284 g/mol. The zero-order valence-electron chi connectivity index (χ0n) is 11.3. The van der Waals surface area contributed by atoms with Gasteiger partial charge in [0, 0.05) is 13.2 Å². The fraction of sp³-hybridized carbons (Fsp3) is 0.571. The van der Waals surface area contributed by atoms with Crippen molar-refractivity contribution < 1.29 is 17.7 Å². The fourth-order valence-corrected chi connectivity index (χ4v) is 3.51. The second kappa shape index (κ2) is 5.61.